The molecule has 0 saturated heterocycles. The molecule has 1 N–H and O–H groups in total. The zero-order valence-corrected chi connectivity index (χ0v) is 17.0. The lowest BCUT2D eigenvalue weighted by Crippen LogP contribution is -2.00. The second kappa shape index (κ2) is 13.5. The summed E-state index contributed by atoms with van der Waals surface area (Å²) in [6, 6.07) is 10.4. The van der Waals surface area contributed by atoms with Crippen molar-refractivity contribution < 1.29 is 0 Å². The van der Waals surface area contributed by atoms with Gasteiger partial charge in [-0.15, -0.1) is 0 Å². The SMILES string of the molecule is C=C/C(C)=C\C=C/CC(=N)/C=C(/c1ccccc1)C(C)/C=C\CC=CCC. The van der Waals surface area contributed by atoms with Crippen molar-refractivity contribution in [1.82, 2.24) is 0 Å². The van der Waals surface area contributed by atoms with Gasteiger partial charge in [-0.3, -0.25) is 0 Å². The van der Waals surface area contributed by atoms with E-state index in [-0.39, 0.29) is 5.92 Å². The number of rotatable bonds is 11. The summed E-state index contributed by atoms with van der Waals surface area (Å²) < 4.78 is 0. The largest absolute Gasteiger partial charge is 0.305 e. The van der Waals surface area contributed by atoms with Crippen LogP contribution in [0.1, 0.15) is 45.6 Å². The first-order valence-electron chi connectivity index (χ1n) is 9.70. The van der Waals surface area contributed by atoms with E-state index >= 15 is 0 Å². The van der Waals surface area contributed by atoms with Gasteiger partial charge in [0.05, 0.1) is 0 Å². The molecule has 1 aromatic carbocycles. The van der Waals surface area contributed by atoms with E-state index in [1.165, 1.54) is 11.1 Å². The Hall–Kier alpha value is -2.67. The molecule has 0 fully saturated rings. The van der Waals surface area contributed by atoms with E-state index in [0.29, 0.717) is 12.1 Å². The molecule has 0 heterocycles. The van der Waals surface area contributed by atoms with Gasteiger partial charge >= 0.3 is 0 Å². The molecule has 0 amide bonds. The Morgan fingerprint density at radius 1 is 1.11 bits per heavy atom. The summed E-state index contributed by atoms with van der Waals surface area (Å²) in [4.78, 5) is 0. The highest BCUT2D eigenvalue weighted by Gasteiger charge is 2.09. The smallest absolute Gasteiger partial charge is 0.0354 e. The first-order chi connectivity index (χ1) is 13.1. The van der Waals surface area contributed by atoms with Crippen LogP contribution in [0.5, 0.6) is 0 Å². The van der Waals surface area contributed by atoms with Gasteiger partial charge in [0.25, 0.3) is 0 Å². The summed E-state index contributed by atoms with van der Waals surface area (Å²) in [6.45, 7) is 10.1. The van der Waals surface area contributed by atoms with Crippen LogP contribution >= 0.6 is 0 Å². The molecule has 1 aromatic rings. The van der Waals surface area contributed by atoms with Crippen LogP contribution in [0, 0.1) is 11.3 Å². The Labute approximate surface area is 165 Å². The van der Waals surface area contributed by atoms with Gasteiger partial charge in [0, 0.05) is 12.1 Å². The van der Waals surface area contributed by atoms with Crippen LogP contribution in [0.25, 0.3) is 5.57 Å². The fourth-order valence-corrected chi connectivity index (χ4v) is 2.57. The van der Waals surface area contributed by atoms with Crippen molar-refractivity contribution in [2.75, 3.05) is 0 Å². The summed E-state index contributed by atoms with van der Waals surface area (Å²) in [7, 11) is 0. The maximum atomic E-state index is 8.36. The maximum absolute atomic E-state index is 8.36. The third-order valence-electron chi connectivity index (χ3n) is 4.18. The summed E-state index contributed by atoms with van der Waals surface area (Å²) in [6.07, 6.45) is 21.3. The van der Waals surface area contributed by atoms with E-state index in [9.17, 15) is 0 Å². The van der Waals surface area contributed by atoms with Crippen molar-refractivity contribution in [2.24, 2.45) is 5.92 Å². The van der Waals surface area contributed by atoms with E-state index in [1.54, 1.807) is 0 Å². The Balaban J connectivity index is 2.91. The third kappa shape index (κ3) is 9.55. The molecular weight excluding hydrogens is 326 g/mol. The summed E-state index contributed by atoms with van der Waals surface area (Å²) in [5, 5.41) is 8.36. The van der Waals surface area contributed by atoms with E-state index < -0.39 is 0 Å². The van der Waals surface area contributed by atoms with Crippen molar-refractivity contribution in [3.05, 3.63) is 103 Å². The van der Waals surface area contributed by atoms with Crippen molar-refractivity contribution in [3.63, 3.8) is 0 Å². The lowest BCUT2D eigenvalue weighted by Gasteiger charge is -2.13. The summed E-state index contributed by atoms with van der Waals surface area (Å²) in [5.74, 6) is 0.259. The van der Waals surface area contributed by atoms with Crippen LogP contribution in [0.4, 0.5) is 0 Å². The number of hydrogen-bond donors (Lipinski definition) is 1. The minimum absolute atomic E-state index is 0.259. The molecule has 0 aromatic heterocycles. The molecule has 0 bridgehead atoms. The first-order valence-corrected chi connectivity index (χ1v) is 9.70. The van der Waals surface area contributed by atoms with E-state index in [1.807, 2.05) is 43.4 Å². The van der Waals surface area contributed by atoms with Gasteiger partial charge < -0.3 is 5.41 Å². The van der Waals surface area contributed by atoms with Gasteiger partial charge in [-0.05, 0) is 42.9 Å². The van der Waals surface area contributed by atoms with E-state index in [4.69, 9.17) is 5.41 Å². The molecule has 0 aliphatic rings. The Bertz CT molecular complexity index is 727. The zero-order valence-electron chi connectivity index (χ0n) is 17.0. The first kappa shape index (κ1) is 22.4. The monoisotopic (exact) mass is 359 g/mol. The summed E-state index contributed by atoms with van der Waals surface area (Å²) >= 11 is 0. The van der Waals surface area contributed by atoms with Gasteiger partial charge in [-0.1, -0.05) is 105 Å². The second-order valence-corrected chi connectivity index (χ2v) is 6.57. The fourth-order valence-electron chi connectivity index (χ4n) is 2.57. The van der Waals surface area contributed by atoms with Crippen LogP contribution in [0.2, 0.25) is 0 Å². The molecule has 0 aliphatic heterocycles. The standard InChI is InChI=1S/C26H33N/c1-5-7-8-9-11-17-23(4)26(24-18-12-10-13-19-24)21-25(27)20-15-14-16-22(3)6-2/h6-8,10-19,21,23,27H,2,5,9,20H2,1,3-4H3/b8-7?,15-14-,17-11-,22-16-,26-21+,27-25?. The third-order valence-corrected chi connectivity index (χ3v) is 4.18. The lowest BCUT2D eigenvalue weighted by molar-refractivity contribution is 0.957. The number of nitrogens with one attached hydrogen (secondary N) is 1. The quantitative estimate of drug-likeness (QED) is 0.237. The molecule has 0 aliphatic carbocycles. The molecule has 1 heteroatoms. The molecule has 0 saturated carbocycles. The van der Waals surface area contributed by atoms with Gasteiger partial charge in [-0.25, -0.2) is 0 Å². The summed E-state index contributed by atoms with van der Waals surface area (Å²) in [5.41, 5.74) is 4.09. The molecule has 1 atom stereocenters. The van der Waals surface area contributed by atoms with Crippen molar-refractivity contribution in [3.8, 4) is 0 Å². The van der Waals surface area contributed by atoms with Gasteiger partial charge in [0.1, 0.15) is 0 Å². The van der Waals surface area contributed by atoms with Crippen molar-refractivity contribution in [1.29, 1.82) is 5.41 Å². The van der Waals surface area contributed by atoms with E-state index in [2.05, 4.69) is 69.0 Å². The van der Waals surface area contributed by atoms with Crippen LogP contribution in [-0.2, 0) is 0 Å². The van der Waals surface area contributed by atoms with Gasteiger partial charge in [-0.2, -0.15) is 0 Å². The Kier molecular flexibility index (Phi) is 11.2. The van der Waals surface area contributed by atoms with Crippen LogP contribution < -0.4 is 0 Å². The Morgan fingerprint density at radius 2 is 1.85 bits per heavy atom. The Morgan fingerprint density at radius 3 is 2.52 bits per heavy atom. The van der Waals surface area contributed by atoms with Gasteiger partial charge in [0.2, 0.25) is 0 Å². The predicted octanol–water partition coefficient (Wildman–Crippen LogP) is 7.72. The molecule has 1 nitrogen and oxygen atoms in total. The topological polar surface area (TPSA) is 23.9 Å². The minimum Gasteiger partial charge on any atom is -0.305 e. The average Bonchev–Trinajstić information content (AvgIpc) is 2.69. The van der Waals surface area contributed by atoms with Gasteiger partial charge in [0.15, 0.2) is 0 Å². The van der Waals surface area contributed by atoms with Crippen molar-refractivity contribution in [2.45, 2.75) is 40.0 Å². The zero-order chi connectivity index (χ0) is 19.9. The molecule has 0 radical (unpaired) electrons. The molecule has 27 heavy (non-hydrogen) atoms. The molecule has 1 unspecified atom stereocenters. The fraction of sp³-hybridized carbons (Fsp3) is 0.269. The number of benzene rings is 1. The normalized spacial score (nSPS) is 14.3. The highest BCUT2D eigenvalue weighted by Crippen LogP contribution is 2.25. The second-order valence-electron chi connectivity index (χ2n) is 6.57. The maximum Gasteiger partial charge on any atom is 0.0354 e. The molecular formula is C26H33N. The van der Waals surface area contributed by atoms with Crippen molar-refractivity contribution >= 4 is 11.3 Å². The number of allylic oxidation sites excluding steroid dienone is 11. The van der Waals surface area contributed by atoms with Crippen LogP contribution in [0.3, 0.4) is 0 Å². The van der Waals surface area contributed by atoms with Crippen LogP contribution in [-0.4, -0.2) is 5.71 Å². The molecule has 142 valence electrons. The predicted molar refractivity (Wildman–Crippen MR) is 122 cm³/mol. The highest BCUT2D eigenvalue weighted by molar-refractivity contribution is 6.00. The van der Waals surface area contributed by atoms with E-state index in [0.717, 1.165) is 18.4 Å². The minimum atomic E-state index is 0.259. The molecule has 1 rings (SSSR count). The average molecular weight is 360 g/mol. The number of hydrogen-bond acceptors (Lipinski definition) is 1. The highest BCUT2D eigenvalue weighted by atomic mass is 14.4. The lowest BCUT2D eigenvalue weighted by atomic mass is 9.91. The van der Waals surface area contributed by atoms with Crippen LogP contribution in [0.15, 0.2) is 97.2 Å². The molecule has 0 spiro atoms.